The van der Waals surface area contributed by atoms with Crippen LogP contribution < -0.4 is 15.8 Å². The number of nitrogens with two attached hydrogens (primary N) is 1. The lowest BCUT2D eigenvalue weighted by molar-refractivity contribution is 0.0727. The average Bonchev–Trinajstić information content (AvgIpc) is 2.36. The number of methoxy groups -OCH3 is 1. The zero-order valence-electron chi connectivity index (χ0n) is 10.7. The molecule has 0 aromatic carbocycles. The van der Waals surface area contributed by atoms with Crippen LogP contribution in [-0.4, -0.2) is 48.0 Å². The SMILES string of the molecule is CCCOc1ncnc(NCC(O)COC)c1N. The number of hydrogen-bond donors (Lipinski definition) is 3. The normalized spacial score (nSPS) is 12.2. The van der Waals surface area contributed by atoms with Gasteiger partial charge >= 0.3 is 0 Å². The summed E-state index contributed by atoms with van der Waals surface area (Å²) in [6, 6.07) is 0. The van der Waals surface area contributed by atoms with Gasteiger partial charge in [-0.25, -0.2) is 4.98 Å². The van der Waals surface area contributed by atoms with Crippen molar-refractivity contribution in [2.45, 2.75) is 19.4 Å². The predicted molar refractivity (Wildman–Crippen MR) is 68.6 cm³/mol. The van der Waals surface area contributed by atoms with Crippen molar-refractivity contribution >= 4 is 11.5 Å². The van der Waals surface area contributed by atoms with Crippen molar-refractivity contribution in [1.29, 1.82) is 0 Å². The monoisotopic (exact) mass is 256 g/mol. The number of aliphatic hydroxyl groups is 1. The molecule has 1 aromatic rings. The van der Waals surface area contributed by atoms with E-state index in [2.05, 4.69) is 15.3 Å². The van der Waals surface area contributed by atoms with E-state index in [9.17, 15) is 5.11 Å². The number of aromatic nitrogens is 2. The van der Waals surface area contributed by atoms with Crippen molar-refractivity contribution in [3.8, 4) is 5.88 Å². The molecule has 1 heterocycles. The quantitative estimate of drug-likeness (QED) is 0.613. The van der Waals surface area contributed by atoms with Gasteiger partial charge in [-0.15, -0.1) is 0 Å². The Kier molecular flexibility index (Phi) is 6.16. The molecule has 7 nitrogen and oxygen atoms in total. The fourth-order valence-corrected chi connectivity index (χ4v) is 1.30. The molecule has 4 N–H and O–H groups in total. The largest absolute Gasteiger partial charge is 0.476 e. The van der Waals surface area contributed by atoms with Gasteiger partial charge in [0.25, 0.3) is 0 Å². The summed E-state index contributed by atoms with van der Waals surface area (Å²) in [5.41, 5.74) is 6.20. The van der Waals surface area contributed by atoms with E-state index >= 15 is 0 Å². The van der Waals surface area contributed by atoms with Crippen LogP contribution in [-0.2, 0) is 4.74 Å². The highest BCUT2D eigenvalue weighted by Crippen LogP contribution is 2.24. The number of ether oxygens (including phenoxy) is 2. The molecule has 0 fully saturated rings. The molecular weight excluding hydrogens is 236 g/mol. The molecule has 0 amide bonds. The molecule has 1 rings (SSSR count). The van der Waals surface area contributed by atoms with Crippen molar-refractivity contribution in [2.24, 2.45) is 0 Å². The zero-order valence-corrected chi connectivity index (χ0v) is 10.7. The van der Waals surface area contributed by atoms with E-state index in [1.54, 1.807) is 0 Å². The molecule has 1 aromatic heterocycles. The van der Waals surface area contributed by atoms with Gasteiger partial charge in [-0.3, -0.25) is 0 Å². The maximum atomic E-state index is 9.51. The summed E-state index contributed by atoms with van der Waals surface area (Å²) in [4.78, 5) is 7.95. The third-order valence-corrected chi connectivity index (χ3v) is 2.15. The summed E-state index contributed by atoms with van der Waals surface area (Å²) in [7, 11) is 1.53. The minimum atomic E-state index is -0.621. The lowest BCUT2D eigenvalue weighted by Crippen LogP contribution is -2.25. The number of rotatable bonds is 8. The second-order valence-electron chi connectivity index (χ2n) is 3.78. The molecule has 0 saturated carbocycles. The molecule has 0 spiro atoms. The van der Waals surface area contributed by atoms with Gasteiger partial charge < -0.3 is 25.6 Å². The number of anilines is 2. The van der Waals surface area contributed by atoms with E-state index in [0.717, 1.165) is 6.42 Å². The van der Waals surface area contributed by atoms with Crippen LogP contribution in [0.3, 0.4) is 0 Å². The molecule has 0 aliphatic rings. The van der Waals surface area contributed by atoms with Crippen molar-refractivity contribution in [3.63, 3.8) is 0 Å². The van der Waals surface area contributed by atoms with E-state index in [-0.39, 0.29) is 6.61 Å². The fourth-order valence-electron chi connectivity index (χ4n) is 1.30. The number of aliphatic hydroxyl groups excluding tert-OH is 1. The lowest BCUT2D eigenvalue weighted by Gasteiger charge is -2.14. The molecule has 102 valence electrons. The van der Waals surface area contributed by atoms with E-state index in [4.69, 9.17) is 15.2 Å². The highest BCUT2D eigenvalue weighted by Gasteiger charge is 2.10. The Balaban J connectivity index is 2.60. The maximum absolute atomic E-state index is 9.51. The lowest BCUT2D eigenvalue weighted by atomic mass is 10.3. The van der Waals surface area contributed by atoms with E-state index in [1.807, 2.05) is 6.92 Å². The summed E-state index contributed by atoms with van der Waals surface area (Å²) in [5, 5.41) is 12.4. The highest BCUT2D eigenvalue weighted by atomic mass is 16.5. The second-order valence-corrected chi connectivity index (χ2v) is 3.78. The fraction of sp³-hybridized carbons (Fsp3) is 0.636. The van der Waals surface area contributed by atoms with Crippen LogP contribution in [0.1, 0.15) is 13.3 Å². The third kappa shape index (κ3) is 4.34. The first-order valence-corrected chi connectivity index (χ1v) is 5.83. The number of nitrogens with one attached hydrogen (secondary N) is 1. The van der Waals surface area contributed by atoms with Gasteiger partial charge in [-0.05, 0) is 6.42 Å². The van der Waals surface area contributed by atoms with Crippen molar-refractivity contribution in [1.82, 2.24) is 9.97 Å². The van der Waals surface area contributed by atoms with Gasteiger partial charge in [0.2, 0.25) is 5.88 Å². The van der Waals surface area contributed by atoms with Crippen LogP contribution in [0.4, 0.5) is 11.5 Å². The zero-order chi connectivity index (χ0) is 13.4. The average molecular weight is 256 g/mol. The Morgan fingerprint density at radius 1 is 1.50 bits per heavy atom. The third-order valence-electron chi connectivity index (χ3n) is 2.15. The first-order chi connectivity index (χ1) is 8.69. The molecule has 0 aliphatic heterocycles. The molecule has 1 unspecified atom stereocenters. The van der Waals surface area contributed by atoms with Crippen LogP contribution in [0.25, 0.3) is 0 Å². The standard InChI is InChI=1S/C11H20N4O3/c1-3-4-18-11-9(12)10(14-7-15-11)13-5-8(16)6-17-2/h7-8,16H,3-6,12H2,1-2H3,(H,13,14,15). The smallest absolute Gasteiger partial charge is 0.242 e. The first-order valence-electron chi connectivity index (χ1n) is 5.83. The van der Waals surface area contributed by atoms with Gasteiger partial charge in [0.1, 0.15) is 12.0 Å². The molecule has 0 aliphatic carbocycles. The molecule has 0 radical (unpaired) electrons. The van der Waals surface area contributed by atoms with Crippen molar-refractivity contribution < 1.29 is 14.6 Å². The second kappa shape index (κ2) is 7.67. The molecule has 7 heteroatoms. The van der Waals surface area contributed by atoms with E-state index in [0.29, 0.717) is 30.5 Å². The van der Waals surface area contributed by atoms with E-state index in [1.165, 1.54) is 13.4 Å². The Bertz CT molecular complexity index is 362. The molecule has 18 heavy (non-hydrogen) atoms. The predicted octanol–water partition coefficient (Wildman–Crippen LogP) is 0.267. The Labute approximate surface area is 106 Å². The van der Waals surface area contributed by atoms with Gasteiger partial charge in [0.05, 0.1) is 19.3 Å². The Hall–Kier alpha value is -1.60. The summed E-state index contributed by atoms with van der Waals surface area (Å²) in [6.45, 7) is 3.09. The van der Waals surface area contributed by atoms with Gasteiger partial charge in [0, 0.05) is 13.7 Å². The Morgan fingerprint density at radius 2 is 2.28 bits per heavy atom. The van der Waals surface area contributed by atoms with Gasteiger partial charge in [-0.2, -0.15) is 4.98 Å². The van der Waals surface area contributed by atoms with Crippen LogP contribution in [0, 0.1) is 0 Å². The first kappa shape index (κ1) is 14.5. The molecular formula is C11H20N4O3. The summed E-state index contributed by atoms with van der Waals surface area (Å²) >= 11 is 0. The van der Waals surface area contributed by atoms with E-state index < -0.39 is 6.10 Å². The van der Waals surface area contributed by atoms with Crippen molar-refractivity contribution in [3.05, 3.63) is 6.33 Å². The summed E-state index contributed by atoms with van der Waals surface area (Å²) < 4.78 is 10.2. The van der Waals surface area contributed by atoms with Gasteiger partial charge in [-0.1, -0.05) is 6.92 Å². The maximum Gasteiger partial charge on any atom is 0.242 e. The van der Waals surface area contributed by atoms with Crippen LogP contribution in [0.2, 0.25) is 0 Å². The Morgan fingerprint density at radius 3 is 2.94 bits per heavy atom. The molecule has 0 saturated heterocycles. The minimum absolute atomic E-state index is 0.247. The van der Waals surface area contributed by atoms with Gasteiger partial charge in [0.15, 0.2) is 5.82 Å². The molecule has 1 atom stereocenters. The minimum Gasteiger partial charge on any atom is -0.476 e. The van der Waals surface area contributed by atoms with Crippen LogP contribution in [0.15, 0.2) is 6.33 Å². The summed E-state index contributed by atoms with van der Waals surface area (Å²) in [5.74, 6) is 0.807. The molecule has 0 bridgehead atoms. The topological polar surface area (TPSA) is 103 Å². The highest BCUT2D eigenvalue weighted by molar-refractivity contribution is 5.66. The number of hydrogen-bond acceptors (Lipinski definition) is 7. The van der Waals surface area contributed by atoms with Crippen LogP contribution in [0.5, 0.6) is 5.88 Å². The number of nitrogens with zero attached hydrogens (tertiary/aromatic N) is 2. The van der Waals surface area contributed by atoms with Crippen molar-refractivity contribution in [2.75, 3.05) is 37.9 Å². The number of nitrogen functional groups attached to an aromatic ring is 1. The summed E-state index contributed by atoms with van der Waals surface area (Å²) in [6.07, 6.45) is 1.62. The van der Waals surface area contributed by atoms with Crippen LogP contribution >= 0.6 is 0 Å².